The van der Waals surface area contributed by atoms with E-state index in [1.54, 1.807) is 43.1 Å². The highest BCUT2D eigenvalue weighted by Gasteiger charge is 2.32. The van der Waals surface area contributed by atoms with Crippen molar-refractivity contribution in [2.75, 3.05) is 25.0 Å². The highest BCUT2D eigenvalue weighted by molar-refractivity contribution is 6.34. The van der Waals surface area contributed by atoms with Crippen LogP contribution in [0.2, 0.25) is 5.02 Å². The molecule has 2 aromatic rings. The fraction of sp³-hybridized carbons (Fsp3) is 0.261. The average molecular weight is 485 g/mol. The molecule has 0 aliphatic carbocycles. The lowest BCUT2D eigenvalue weighted by Crippen LogP contribution is -2.49. The standard InChI is InChI=1S/C23H25ClN6O4/c1-14-12-30(22(33)18-9-8-16(10-19(18)24)15(2)27-28-25-3)20-7-5-4-6-17(20)13-29(14)23(34)26-11-21(31)32/h4-10,14H,2,11-13H2,1,3H3,(H,25,27)(H,26,34)(H,31,32)/t14-/m1/s1. The summed E-state index contributed by atoms with van der Waals surface area (Å²) in [5, 5.41) is 19.1. The third kappa shape index (κ3) is 5.52. The van der Waals surface area contributed by atoms with Crippen molar-refractivity contribution in [1.82, 2.24) is 15.6 Å². The number of carboxylic acids is 1. The quantitative estimate of drug-likeness (QED) is 0.427. The second-order valence-corrected chi connectivity index (χ2v) is 8.05. The molecule has 3 N–H and O–H groups in total. The molecule has 1 heterocycles. The van der Waals surface area contributed by atoms with Gasteiger partial charge in [0.15, 0.2) is 0 Å². The van der Waals surface area contributed by atoms with Gasteiger partial charge >= 0.3 is 12.0 Å². The number of fused-ring (bicyclic) bond motifs is 1. The number of rotatable bonds is 6. The SMILES string of the molecule is C=C(/N=N\NC)c1ccc(C(=O)N2C[C@@H](C)N(C(=O)NCC(=O)O)Cc3ccccc32)c(Cl)c1. The topological polar surface area (TPSA) is 127 Å². The first-order valence-corrected chi connectivity index (χ1v) is 10.8. The molecular weight excluding hydrogens is 460 g/mol. The molecule has 0 spiro atoms. The summed E-state index contributed by atoms with van der Waals surface area (Å²) in [5.74, 6) is -1.47. The first kappa shape index (κ1) is 24.7. The summed E-state index contributed by atoms with van der Waals surface area (Å²) >= 11 is 6.47. The lowest BCUT2D eigenvalue weighted by molar-refractivity contribution is -0.135. The highest BCUT2D eigenvalue weighted by Crippen LogP contribution is 2.31. The lowest BCUT2D eigenvalue weighted by atomic mass is 10.1. The van der Waals surface area contributed by atoms with Crippen molar-refractivity contribution in [2.45, 2.75) is 19.5 Å². The molecule has 0 unspecified atom stereocenters. The Morgan fingerprint density at radius 1 is 1.24 bits per heavy atom. The number of carbonyl (C=O) groups excluding carboxylic acids is 2. The summed E-state index contributed by atoms with van der Waals surface area (Å²) in [6.45, 7) is 5.55. The molecule has 1 aliphatic rings. The molecular formula is C23H25ClN6O4. The number of aliphatic carboxylic acids is 1. The largest absolute Gasteiger partial charge is 0.480 e. The van der Waals surface area contributed by atoms with E-state index in [-0.39, 0.29) is 29.6 Å². The van der Waals surface area contributed by atoms with Gasteiger partial charge in [-0.3, -0.25) is 15.0 Å². The van der Waals surface area contributed by atoms with Crippen molar-refractivity contribution >= 4 is 40.9 Å². The molecule has 0 saturated heterocycles. The lowest BCUT2D eigenvalue weighted by Gasteiger charge is -2.29. The van der Waals surface area contributed by atoms with Gasteiger partial charge in [0.25, 0.3) is 5.91 Å². The van der Waals surface area contributed by atoms with Crippen LogP contribution in [0, 0.1) is 0 Å². The molecule has 0 saturated carbocycles. The number of urea groups is 1. The maximum Gasteiger partial charge on any atom is 0.323 e. The van der Waals surface area contributed by atoms with Gasteiger partial charge in [0.1, 0.15) is 6.54 Å². The van der Waals surface area contributed by atoms with Crippen LogP contribution in [0.1, 0.15) is 28.4 Å². The van der Waals surface area contributed by atoms with E-state index in [1.807, 2.05) is 18.2 Å². The summed E-state index contributed by atoms with van der Waals surface area (Å²) in [6, 6.07) is 11.2. The van der Waals surface area contributed by atoms with Crippen LogP contribution >= 0.6 is 11.6 Å². The molecule has 1 atom stereocenters. The van der Waals surface area contributed by atoms with Gasteiger partial charge in [-0.25, -0.2) is 4.79 Å². The van der Waals surface area contributed by atoms with Crippen LogP contribution < -0.4 is 15.6 Å². The summed E-state index contributed by atoms with van der Waals surface area (Å²) in [6.07, 6.45) is 0. The zero-order valence-corrected chi connectivity index (χ0v) is 19.5. The Labute approximate surface area is 201 Å². The van der Waals surface area contributed by atoms with Crippen LogP contribution in [0.3, 0.4) is 0 Å². The number of nitrogens with one attached hydrogen (secondary N) is 2. The number of anilines is 1. The van der Waals surface area contributed by atoms with Crippen LogP contribution in [0.25, 0.3) is 5.70 Å². The molecule has 0 fully saturated rings. The third-order valence-electron chi connectivity index (χ3n) is 5.30. The fourth-order valence-electron chi connectivity index (χ4n) is 3.61. The van der Waals surface area contributed by atoms with E-state index in [0.717, 1.165) is 5.56 Å². The maximum atomic E-state index is 13.6. The zero-order valence-electron chi connectivity index (χ0n) is 18.8. The summed E-state index contributed by atoms with van der Waals surface area (Å²) in [5.41, 5.74) is 5.23. The molecule has 11 heteroatoms. The highest BCUT2D eigenvalue weighted by atomic mass is 35.5. The van der Waals surface area contributed by atoms with Crippen molar-refractivity contribution in [3.05, 3.63) is 70.8 Å². The minimum Gasteiger partial charge on any atom is -0.480 e. The Bertz CT molecular complexity index is 1150. The molecule has 0 radical (unpaired) electrons. The molecule has 34 heavy (non-hydrogen) atoms. The monoisotopic (exact) mass is 484 g/mol. The van der Waals surface area contributed by atoms with Crippen LogP contribution in [0.15, 0.2) is 59.4 Å². The van der Waals surface area contributed by atoms with Crippen molar-refractivity contribution < 1.29 is 19.5 Å². The Morgan fingerprint density at radius 2 is 1.97 bits per heavy atom. The molecule has 1 aliphatic heterocycles. The Balaban J connectivity index is 1.91. The van der Waals surface area contributed by atoms with Crippen molar-refractivity contribution in [3.8, 4) is 0 Å². The molecule has 3 amide bonds. The Kier molecular flexibility index (Phi) is 7.85. The van der Waals surface area contributed by atoms with Crippen LogP contribution in [-0.4, -0.2) is 54.1 Å². The molecule has 3 rings (SSSR count). The number of para-hydroxylation sites is 1. The maximum absolute atomic E-state index is 13.6. The van der Waals surface area contributed by atoms with E-state index in [9.17, 15) is 14.4 Å². The number of carbonyl (C=O) groups is 3. The van der Waals surface area contributed by atoms with E-state index in [1.165, 1.54) is 4.90 Å². The zero-order chi connectivity index (χ0) is 24.8. The number of hydrogen-bond acceptors (Lipinski definition) is 5. The molecule has 2 aromatic carbocycles. The van der Waals surface area contributed by atoms with E-state index in [0.29, 0.717) is 16.9 Å². The predicted molar refractivity (Wildman–Crippen MR) is 129 cm³/mol. The van der Waals surface area contributed by atoms with Gasteiger partial charge in [-0.1, -0.05) is 47.7 Å². The first-order chi connectivity index (χ1) is 16.2. The minimum absolute atomic E-state index is 0.192. The number of amides is 3. The van der Waals surface area contributed by atoms with Gasteiger partial charge in [-0.2, -0.15) is 0 Å². The van der Waals surface area contributed by atoms with Crippen molar-refractivity contribution in [3.63, 3.8) is 0 Å². The minimum atomic E-state index is -1.14. The molecule has 178 valence electrons. The number of carboxylic acid groups (broad SMARTS) is 1. The number of benzene rings is 2. The van der Waals surface area contributed by atoms with E-state index >= 15 is 0 Å². The summed E-state index contributed by atoms with van der Waals surface area (Å²) < 4.78 is 0. The van der Waals surface area contributed by atoms with Gasteiger partial charge in [-0.15, -0.1) is 5.11 Å². The number of nitrogens with zero attached hydrogens (tertiary/aromatic N) is 4. The van der Waals surface area contributed by atoms with Crippen molar-refractivity contribution in [2.24, 2.45) is 10.3 Å². The third-order valence-corrected chi connectivity index (χ3v) is 5.61. The predicted octanol–water partition coefficient (Wildman–Crippen LogP) is 3.54. The van der Waals surface area contributed by atoms with Crippen LogP contribution in [0.5, 0.6) is 0 Å². The molecule has 0 aromatic heterocycles. The Morgan fingerprint density at radius 3 is 2.65 bits per heavy atom. The average Bonchev–Trinajstić information content (AvgIpc) is 2.97. The second-order valence-electron chi connectivity index (χ2n) is 7.64. The van der Waals surface area contributed by atoms with Crippen LogP contribution in [0.4, 0.5) is 10.5 Å². The normalized spacial score (nSPS) is 15.4. The van der Waals surface area contributed by atoms with Gasteiger partial charge in [-0.05, 0) is 30.7 Å². The smallest absolute Gasteiger partial charge is 0.323 e. The second kappa shape index (κ2) is 10.8. The van der Waals surface area contributed by atoms with Gasteiger partial charge in [0.2, 0.25) is 0 Å². The Hall–Kier alpha value is -3.92. The van der Waals surface area contributed by atoms with E-state index in [2.05, 4.69) is 27.7 Å². The first-order valence-electron chi connectivity index (χ1n) is 10.4. The van der Waals surface area contributed by atoms with Crippen LogP contribution in [-0.2, 0) is 11.3 Å². The van der Waals surface area contributed by atoms with Gasteiger partial charge in [0, 0.05) is 37.4 Å². The van der Waals surface area contributed by atoms with E-state index in [4.69, 9.17) is 16.7 Å². The molecule has 0 bridgehead atoms. The van der Waals surface area contributed by atoms with Gasteiger partial charge < -0.3 is 20.2 Å². The van der Waals surface area contributed by atoms with E-state index < -0.39 is 24.6 Å². The fourth-order valence-corrected chi connectivity index (χ4v) is 3.87. The summed E-state index contributed by atoms with van der Waals surface area (Å²) in [7, 11) is 1.61. The number of hydrogen-bond donors (Lipinski definition) is 3. The molecule has 10 nitrogen and oxygen atoms in total. The number of halogens is 1. The summed E-state index contributed by atoms with van der Waals surface area (Å²) in [4.78, 5) is 40.2. The van der Waals surface area contributed by atoms with Gasteiger partial charge in [0.05, 0.1) is 16.3 Å². The van der Waals surface area contributed by atoms with Crippen molar-refractivity contribution in [1.29, 1.82) is 0 Å².